The van der Waals surface area contributed by atoms with E-state index in [9.17, 15) is 13.2 Å². The Morgan fingerprint density at radius 2 is 1.85 bits per heavy atom. The molecule has 4 rings (SSSR count). The van der Waals surface area contributed by atoms with E-state index in [2.05, 4.69) is 29.2 Å². The highest BCUT2D eigenvalue weighted by Crippen LogP contribution is 2.34. The standard InChI is InChI=1S/C20H28N2O3S/c23-20(22(18-8-9-18)19-10-12-26(24,25)15-19)17-7-4-11-21(14-17)13-16-5-2-1-3-6-16/h1-3,5-6,17-19H,4,7-15H2. The van der Waals surface area contributed by atoms with E-state index >= 15 is 0 Å². The quantitative estimate of drug-likeness (QED) is 0.789. The molecule has 5 nitrogen and oxygen atoms in total. The van der Waals surface area contributed by atoms with Crippen LogP contribution in [0.4, 0.5) is 0 Å². The third kappa shape index (κ3) is 4.12. The first-order chi connectivity index (χ1) is 12.5. The van der Waals surface area contributed by atoms with E-state index in [1.807, 2.05) is 11.0 Å². The van der Waals surface area contributed by atoms with Gasteiger partial charge in [-0.3, -0.25) is 9.69 Å². The van der Waals surface area contributed by atoms with Crippen molar-refractivity contribution in [3.8, 4) is 0 Å². The van der Waals surface area contributed by atoms with Gasteiger partial charge in [0.05, 0.1) is 17.4 Å². The number of rotatable bonds is 5. The predicted octanol–water partition coefficient (Wildman–Crippen LogP) is 2.08. The fourth-order valence-electron chi connectivity index (χ4n) is 4.46. The topological polar surface area (TPSA) is 57.7 Å². The van der Waals surface area contributed by atoms with Gasteiger partial charge in [0, 0.05) is 25.2 Å². The minimum Gasteiger partial charge on any atom is -0.335 e. The van der Waals surface area contributed by atoms with E-state index in [1.165, 1.54) is 5.56 Å². The number of carbonyl (C=O) groups excluding carboxylic acids is 1. The third-order valence-corrected chi connectivity index (χ3v) is 7.65. The number of benzene rings is 1. The first kappa shape index (κ1) is 18.0. The Morgan fingerprint density at radius 1 is 1.08 bits per heavy atom. The van der Waals surface area contributed by atoms with Gasteiger partial charge in [-0.05, 0) is 44.2 Å². The van der Waals surface area contributed by atoms with Crippen molar-refractivity contribution < 1.29 is 13.2 Å². The molecule has 1 aromatic rings. The van der Waals surface area contributed by atoms with Gasteiger partial charge in [-0.1, -0.05) is 30.3 Å². The number of amides is 1. The molecule has 1 aromatic carbocycles. The molecule has 2 saturated heterocycles. The number of likely N-dealkylation sites (tertiary alicyclic amines) is 1. The van der Waals surface area contributed by atoms with Crippen LogP contribution in [0.5, 0.6) is 0 Å². The molecule has 0 N–H and O–H groups in total. The van der Waals surface area contributed by atoms with E-state index in [4.69, 9.17) is 0 Å². The summed E-state index contributed by atoms with van der Waals surface area (Å²) in [5, 5.41) is 0. The maximum Gasteiger partial charge on any atom is 0.227 e. The Hall–Kier alpha value is -1.40. The lowest BCUT2D eigenvalue weighted by Crippen LogP contribution is -2.49. The highest BCUT2D eigenvalue weighted by Gasteiger charge is 2.44. The average Bonchev–Trinajstić information content (AvgIpc) is 3.39. The van der Waals surface area contributed by atoms with Crippen LogP contribution >= 0.6 is 0 Å². The Morgan fingerprint density at radius 3 is 2.50 bits per heavy atom. The molecule has 26 heavy (non-hydrogen) atoms. The highest BCUT2D eigenvalue weighted by molar-refractivity contribution is 7.91. The summed E-state index contributed by atoms with van der Waals surface area (Å²) < 4.78 is 23.8. The van der Waals surface area contributed by atoms with Gasteiger partial charge in [0.25, 0.3) is 0 Å². The largest absolute Gasteiger partial charge is 0.335 e. The van der Waals surface area contributed by atoms with Gasteiger partial charge in [-0.25, -0.2) is 8.42 Å². The Kier molecular flexibility index (Phi) is 5.06. The molecule has 142 valence electrons. The van der Waals surface area contributed by atoms with Crippen molar-refractivity contribution in [2.75, 3.05) is 24.6 Å². The van der Waals surface area contributed by atoms with Gasteiger partial charge >= 0.3 is 0 Å². The number of nitrogens with zero attached hydrogens (tertiary/aromatic N) is 2. The van der Waals surface area contributed by atoms with Crippen molar-refractivity contribution in [3.05, 3.63) is 35.9 Å². The van der Waals surface area contributed by atoms with Crippen LogP contribution in [-0.2, 0) is 21.2 Å². The molecule has 6 heteroatoms. The Bertz CT molecular complexity index is 746. The van der Waals surface area contributed by atoms with Crippen molar-refractivity contribution in [2.45, 2.75) is 50.7 Å². The SMILES string of the molecule is O=C(C1CCCN(Cc2ccccc2)C1)N(C1CC1)C1CCS(=O)(=O)C1. The van der Waals surface area contributed by atoms with Crippen molar-refractivity contribution >= 4 is 15.7 Å². The molecule has 2 unspecified atom stereocenters. The summed E-state index contributed by atoms with van der Waals surface area (Å²) >= 11 is 0. The minimum atomic E-state index is -2.97. The molecule has 0 radical (unpaired) electrons. The number of hydrogen-bond donors (Lipinski definition) is 0. The van der Waals surface area contributed by atoms with E-state index in [-0.39, 0.29) is 35.4 Å². The summed E-state index contributed by atoms with van der Waals surface area (Å²) in [5.41, 5.74) is 1.28. The second kappa shape index (κ2) is 7.31. The summed E-state index contributed by atoms with van der Waals surface area (Å²) in [6.07, 6.45) is 4.63. The molecule has 2 atom stereocenters. The van der Waals surface area contributed by atoms with Gasteiger partial charge in [-0.15, -0.1) is 0 Å². The van der Waals surface area contributed by atoms with E-state index in [0.717, 1.165) is 45.3 Å². The summed E-state index contributed by atoms with van der Waals surface area (Å²) in [6.45, 7) is 2.70. The molecule has 2 aliphatic heterocycles. The van der Waals surface area contributed by atoms with Crippen LogP contribution in [0.2, 0.25) is 0 Å². The number of sulfone groups is 1. The molecule has 1 saturated carbocycles. The fourth-order valence-corrected chi connectivity index (χ4v) is 6.17. The monoisotopic (exact) mass is 376 g/mol. The van der Waals surface area contributed by atoms with Crippen LogP contribution in [-0.4, -0.2) is 60.8 Å². The van der Waals surface area contributed by atoms with Crippen LogP contribution in [0, 0.1) is 5.92 Å². The molecule has 1 amide bonds. The number of piperidine rings is 1. The van der Waals surface area contributed by atoms with E-state index in [1.54, 1.807) is 0 Å². The summed E-state index contributed by atoms with van der Waals surface area (Å²) in [4.78, 5) is 17.6. The van der Waals surface area contributed by atoms with Crippen LogP contribution in [0.25, 0.3) is 0 Å². The van der Waals surface area contributed by atoms with Crippen molar-refractivity contribution in [1.82, 2.24) is 9.80 Å². The maximum atomic E-state index is 13.3. The summed E-state index contributed by atoms with van der Waals surface area (Å²) in [6, 6.07) is 10.6. The normalized spacial score (nSPS) is 28.8. The zero-order chi connectivity index (χ0) is 18.1. The van der Waals surface area contributed by atoms with Crippen molar-refractivity contribution in [3.63, 3.8) is 0 Å². The first-order valence-corrected chi connectivity index (χ1v) is 11.6. The van der Waals surface area contributed by atoms with Crippen molar-refractivity contribution in [2.24, 2.45) is 5.92 Å². The lowest BCUT2D eigenvalue weighted by atomic mass is 9.95. The molecule has 2 heterocycles. The summed E-state index contributed by atoms with van der Waals surface area (Å²) in [7, 11) is -2.97. The molecule has 3 fully saturated rings. The van der Waals surface area contributed by atoms with Crippen LogP contribution in [0.15, 0.2) is 30.3 Å². The molecule has 0 aromatic heterocycles. The maximum absolute atomic E-state index is 13.3. The zero-order valence-corrected chi connectivity index (χ0v) is 16.0. The van der Waals surface area contributed by atoms with Gasteiger partial charge in [-0.2, -0.15) is 0 Å². The fraction of sp³-hybridized carbons (Fsp3) is 0.650. The van der Waals surface area contributed by atoms with Crippen LogP contribution < -0.4 is 0 Å². The number of carbonyl (C=O) groups is 1. The van der Waals surface area contributed by atoms with Gasteiger partial charge < -0.3 is 4.90 Å². The molecule has 1 aliphatic carbocycles. The smallest absolute Gasteiger partial charge is 0.227 e. The highest BCUT2D eigenvalue weighted by atomic mass is 32.2. The van der Waals surface area contributed by atoms with E-state index in [0.29, 0.717) is 6.42 Å². The molecular weight excluding hydrogens is 348 g/mol. The predicted molar refractivity (Wildman–Crippen MR) is 101 cm³/mol. The first-order valence-electron chi connectivity index (χ1n) is 9.81. The van der Waals surface area contributed by atoms with Gasteiger partial charge in [0.15, 0.2) is 9.84 Å². The Labute approximate surface area is 156 Å². The van der Waals surface area contributed by atoms with E-state index < -0.39 is 9.84 Å². The Balaban J connectivity index is 1.42. The van der Waals surface area contributed by atoms with Crippen LogP contribution in [0.1, 0.15) is 37.7 Å². The van der Waals surface area contributed by atoms with Crippen LogP contribution in [0.3, 0.4) is 0 Å². The zero-order valence-electron chi connectivity index (χ0n) is 15.2. The minimum absolute atomic E-state index is 0.0105. The lowest BCUT2D eigenvalue weighted by Gasteiger charge is -2.37. The molecular formula is C20H28N2O3S. The van der Waals surface area contributed by atoms with Gasteiger partial charge in [0.2, 0.25) is 5.91 Å². The molecule has 3 aliphatic rings. The molecule has 0 spiro atoms. The second-order valence-electron chi connectivity index (χ2n) is 8.09. The van der Waals surface area contributed by atoms with Crippen molar-refractivity contribution in [1.29, 1.82) is 0 Å². The molecule has 0 bridgehead atoms. The summed E-state index contributed by atoms with van der Waals surface area (Å²) in [5.74, 6) is 0.609. The number of hydrogen-bond acceptors (Lipinski definition) is 4. The average molecular weight is 377 g/mol. The van der Waals surface area contributed by atoms with Gasteiger partial charge in [0.1, 0.15) is 0 Å². The lowest BCUT2D eigenvalue weighted by molar-refractivity contribution is -0.140. The third-order valence-electron chi connectivity index (χ3n) is 5.90. The second-order valence-corrected chi connectivity index (χ2v) is 10.3.